The van der Waals surface area contributed by atoms with Crippen molar-refractivity contribution in [2.24, 2.45) is 9.98 Å². The molecule has 0 N–H and O–H groups in total. The molecule has 0 saturated heterocycles. The largest absolute Gasteiger partial charge is 0.260 e. The van der Waals surface area contributed by atoms with Gasteiger partial charge in [-0.05, 0) is 12.1 Å². The monoisotopic (exact) mass is 178 g/mol. The smallest absolute Gasteiger partial charge is 0.154 e. The number of hydrogen-bond acceptors (Lipinski definition) is 2. The van der Waals surface area contributed by atoms with Crippen LogP contribution in [0.25, 0.3) is 0 Å². The van der Waals surface area contributed by atoms with E-state index in [1.54, 1.807) is 6.21 Å². The molecule has 1 heterocycles. The van der Waals surface area contributed by atoms with Gasteiger partial charge in [-0.2, -0.15) is 0 Å². The van der Waals surface area contributed by atoms with E-state index in [2.05, 4.69) is 9.98 Å². The van der Waals surface area contributed by atoms with Crippen molar-refractivity contribution in [1.29, 1.82) is 0 Å². The molecule has 1 aliphatic heterocycles. The molecule has 0 fully saturated rings. The van der Waals surface area contributed by atoms with Crippen molar-refractivity contribution in [3.63, 3.8) is 0 Å². The third-order valence-electron chi connectivity index (χ3n) is 1.62. The Kier molecular flexibility index (Phi) is 1.92. The first-order valence-electron chi connectivity index (χ1n) is 3.69. The molecule has 0 bridgehead atoms. The molecule has 1 aliphatic rings. The molecule has 1 aromatic carbocycles. The molecule has 3 heteroatoms. The Morgan fingerprint density at radius 3 is 2.92 bits per heavy atom. The first kappa shape index (κ1) is 7.50. The van der Waals surface area contributed by atoms with Crippen molar-refractivity contribution >= 4 is 23.7 Å². The fraction of sp³-hybridized carbons (Fsp3) is 0.111. The molecule has 2 rings (SSSR count). The number of benzene rings is 1. The van der Waals surface area contributed by atoms with E-state index in [-0.39, 0.29) is 0 Å². The number of hydrogen-bond donors (Lipinski definition) is 0. The summed E-state index contributed by atoms with van der Waals surface area (Å²) in [5.41, 5.74) is 0.983. The predicted molar refractivity (Wildman–Crippen MR) is 51.3 cm³/mol. The van der Waals surface area contributed by atoms with Gasteiger partial charge in [0, 0.05) is 16.8 Å². The topological polar surface area (TPSA) is 24.7 Å². The van der Waals surface area contributed by atoms with Crippen LogP contribution >= 0.6 is 11.6 Å². The summed E-state index contributed by atoms with van der Waals surface area (Å²) in [6.45, 7) is 0.682. The first-order valence-corrected chi connectivity index (χ1v) is 4.07. The molecule has 0 unspecified atom stereocenters. The summed E-state index contributed by atoms with van der Waals surface area (Å²) >= 11 is 5.82. The summed E-state index contributed by atoms with van der Waals surface area (Å²) in [7, 11) is 0. The van der Waals surface area contributed by atoms with E-state index in [0.717, 1.165) is 16.4 Å². The molecule has 0 saturated carbocycles. The van der Waals surface area contributed by atoms with Crippen molar-refractivity contribution in [2.45, 2.75) is 0 Å². The highest BCUT2D eigenvalue weighted by molar-refractivity contribution is 6.31. The van der Waals surface area contributed by atoms with Gasteiger partial charge in [-0.15, -0.1) is 0 Å². The molecule has 0 aromatic heterocycles. The van der Waals surface area contributed by atoms with E-state index in [0.29, 0.717) is 6.54 Å². The summed E-state index contributed by atoms with van der Waals surface area (Å²) in [4.78, 5) is 8.30. The maximum absolute atomic E-state index is 5.82. The highest BCUT2D eigenvalue weighted by atomic mass is 35.5. The highest BCUT2D eigenvalue weighted by Gasteiger charge is 2.03. The average Bonchev–Trinajstić information content (AvgIpc) is 2.56. The average molecular weight is 179 g/mol. The van der Waals surface area contributed by atoms with Crippen molar-refractivity contribution < 1.29 is 0 Å². The zero-order chi connectivity index (χ0) is 8.39. The lowest BCUT2D eigenvalue weighted by Gasteiger charge is -1.96. The minimum Gasteiger partial charge on any atom is -0.260 e. The van der Waals surface area contributed by atoms with Crippen LogP contribution in [0.3, 0.4) is 0 Å². The third-order valence-corrected chi connectivity index (χ3v) is 1.85. The predicted octanol–water partition coefficient (Wildman–Crippen LogP) is 2.17. The second kappa shape index (κ2) is 3.07. The molecular weight excluding hydrogens is 172 g/mol. The van der Waals surface area contributed by atoms with Gasteiger partial charge in [0.2, 0.25) is 0 Å². The van der Waals surface area contributed by atoms with Gasteiger partial charge in [0.05, 0.1) is 6.54 Å². The van der Waals surface area contributed by atoms with Crippen LogP contribution in [0.2, 0.25) is 5.02 Å². The molecule has 2 nitrogen and oxygen atoms in total. The van der Waals surface area contributed by atoms with Crippen LogP contribution in [0.1, 0.15) is 5.56 Å². The Bertz CT molecular complexity index is 355. The minimum atomic E-state index is 0.682. The van der Waals surface area contributed by atoms with Crippen molar-refractivity contribution in [2.75, 3.05) is 6.54 Å². The summed E-state index contributed by atoms with van der Waals surface area (Å²) < 4.78 is 0. The van der Waals surface area contributed by atoms with Gasteiger partial charge in [0.25, 0.3) is 0 Å². The van der Waals surface area contributed by atoms with Crippen LogP contribution in [0.15, 0.2) is 34.3 Å². The third kappa shape index (κ3) is 1.38. The minimum absolute atomic E-state index is 0.682. The number of halogens is 1. The maximum atomic E-state index is 5.82. The number of amidine groups is 1. The summed E-state index contributed by atoms with van der Waals surface area (Å²) in [6.07, 6.45) is 1.79. The second-order valence-corrected chi connectivity index (χ2v) is 2.92. The molecule has 12 heavy (non-hydrogen) atoms. The van der Waals surface area contributed by atoms with E-state index < -0.39 is 0 Å². The maximum Gasteiger partial charge on any atom is 0.154 e. The molecule has 0 spiro atoms. The van der Waals surface area contributed by atoms with Gasteiger partial charge >= 0.3 is 0 Å². The van der Waals surface area contributed by atoms with Crippen LogP contribution in [0.5, 0.6) is 0 Å². The molecule has 0 atom stereocenters. The Morgan fingerprint density at radius 1 is 1.33 bits per heavy atom. The standard InChI is InChI=1S/C9H7ClN2/c10-8-3-1-2-7(6-8)9-11-4-5-12-9/h1-4,6H,5H2. The van der Waals surface area contributed by atoms with Gasteiger partial charge in [0.1, 0.15) is 0 Å². The van der Waals surface area contributed by atoms with Gasteiger partial charge < -0.3 is 0 Å². The number of rotatable bonds is 1. The molecule has 0 aliphatic carbocycles. The quantitative estimate of drug-likeness (QED) is 0.630. The Balaban J connectivity index is 2.40. The van der Waals surface area contributed by atoms with Crippen molar-refractivity contribution in [3.8, 4) is 0 Å². The van der Waals surface area contributed by atoms with Gasteiger partial charge in [-0.1, -0.05) is 23.7 Å². The number of aliphatic imine (C=N–C) groups is 2. The Hall–Kier alpha value is -1.15. The summed E-state index contributed by atoms with van der Waals surface area (Å²) in [5.74, 6) is 0.775. The molecule has 0 radical (unpaired) electrons. The zero-order valence-corrected chi connectivity index (χ0v) is 7.12. The van der Waals surface area contributed by atoms with E-state index in [9.17, 15) is 0 Å². The molecule has 60 valence electrons. The second-order valence-electron chi connectivity index (χ2n) is 2.49. The number of nitrogens with zero attached hydrogens (tertiary/aromatic N) is 2. The van der Waals surface area contributed by atoms with E-state index in [1.165, 1.54) is 0 Å². The molecule has 0 amide bonds. The lowest BCUT2D eigenvalue weighted by molar-refractivity contribution is 1.35. The first-order chi connectivity index (χ1) is 5.86. The molecular formula is C9H7ClN2. The fourth-order valence-corrected chi connectivity index (χ4v) is 1.28. The SMILES string of the molecule is Clc1cccc(C2=NCC=N2)c1. The Labute approximate surface area is 75.6 Å². The van der Waals surface area contributed by atoms with Crippen LogP contribution in [0, 0.1) is 0 Å². The van der Waals surface area contributed by atoms with Gasteiger partial charge in [-0.3, -0.25) is 4.99 Å². The zero-order valence-electron chi connectivity index (χ0n) is 6.37. The van der Waals surface area contributed by atoms with E-state index in [1.807, 2.05) is 24.3 Å². The van der Waals surface area contributed by atoms with Crippen LogP contribution in [-0.4, -0.2) is 18.6 Å². The summed E-state index contributed by atoms with van der Waals surface area (Å²) in [6, 6.07) is 7.55. The van der Waals surface area contributed by atoms with Crippen LogP contribution < -0.4 is 0 Å². The van der Waals surface area contributed by atoms with Crippen LogP contribution in [-0.2, 0) is 0 Å². The fourth-order valence-electron chi connectivity index (χ4n) is 1.09. The Morgan fingerprint density at radius 2 is 2.25 bits per heavy atom. The highest BCUT2D eigenvalue weighted by Crippen LogP contribution is 2.12. The van der Waals surface area contributed by atoms with Crippen molar-refractivity contribution in [3.05, 3.63) is 34.9 Å². The van der Waals surface area contributed by atoms with E-state index >= 15 is 0 Å². The lowest BCUT2D eigenvalue weighted by atomic mass is 10.2. The van der Waals surface area contributed by atoms with Crippen molar-refractivity contribution in [1.82, 2.24) is 0 Å². The lowest BCUT2D eigenvalue weighted by Crippen LogP contribution is -1.92. The van der Waals surface area contributed by atoms with Gasteiger partial charge in [0.15, 0.2) is 5.84 Å². The van der Waals surface area contributed by atoms with Crippen LogP contribution in [0.4, 0.5) is 0 Å². The van der Waals surface area contributed by atoms with E-state index in [4.69, 9.17) is 11.6 Å². The summed E-state index contributed by atoms with van der Waals surface area (Å²) in [5, 5.41) is 0.720. The molecule has 1 aromatic rings. The van der Waals surface area contributed by atoms with Gasteiger partial charge in [-0.25, -0.2) is 4.99 Å². The normalized spacial score (nSPS) is 14.9.